The van der Waals surface area contributed by atoms with E-state index in [0.29, 0.717) is 23.0 Å². The summed E-state index contributed by atoms with van der Waals surface area (Å²) in [6, 6.07) is 6.92. The fourth-order valence-electron chi connectivity index (χ4n) is 3.80. The molecule has 172 valence electrons. The third-order valence-corrected chi connectivity index (χ3v) is 6.52. The SMILES string of the molecule is COC(=O)c1cc(C(=O)OC)cc(-n2c(C)cc(C(=O)CSc3nncn3C3CC3)c2C)c1. The van der Waals surface area contributed by atoms with Gasteiger partial charge in [0.2, 0.25) is 0 Å². The van der Waals surface area contributed by atoms with E-state index >= 15 is 0 Å². The van der Waals surface area contributed by atoms with Crippen molar-refractivity contribution in [2.75, 3.05) is 20.0 Å². The van der Waals surface area contributed by atoms with Gasteiger partial charge in [0, 0.05) is 28.7 Å². The van der Waals surface area contributed by atoms with E-state index in [-0.39, 0.29) is 22.7 Å². The Kier molecular flexibility index (Phi) is 6.37. The molecular formula is C23H24N4O5S. The summed E-state index contributed by atoms with van der Waals surface area (Å²) in [6.07, 6.45) is 3.93. The zero-order chi connectivity index (χ0) is 23.7. The molecule has 1 aromatic carbocycles. The van der Waals surface area contributed by atoms with Crippen molar-refractivity contribution in [3.63, 3.8) is 0 Å². The summed E-state index contributed by atoms with van der Waals surface area (Å²) in [4.78, 5) is 37.4. The van der Waals surface area contributed by atoms with Gasteiger partial charge in [0.1, 0.15) is 6.33 Å². The molecule has 0 atom stereocenters. The molecule has 3 aromatic rings. The van der Waals surface area contributed by atoms with Gasteiger partial charge in [0.25, 0.3) is 0 Å². The molecule has 0 unspecified atom stereocenters. The van der Waals surface area contributed by atoms with Crippen LogP contribution in [0.2, 0.25) is 0 Å². The summed E-state index contributed by atoms with van der Waals surface area (Å²) < 4.78 is 13.5. The Labute approximate surface area is 195 Å². The van der Waals surface area contributed by atoms with E-state index in [0.717, 1.165) is 23.7 Å². The van der Waals surface area contributed by atoms with Gasteiger partial charge in [-0.05, 0) is 51.0 Å². The summed E-state index contributed by atoms with van der Waals surface area (Å²) in [5, 5.41) is 8.85. The Morgan fingerprint density at radius 2 is 1.67 bits per heavy atom. The number of nitrogens with zero attached hydrogens (tertiary/aromatic N) is 4. The summed E-state index contributed by atoms with van der Waals surface area (Å²) in [5.41, 5.74) is 3.06. The minimum absolute atomic E-state index is 0.0398. The van der Waals surface area contributed by atoms with E-state index in [9.17, 15) is 14.4 Å². The molecule has 0 N–H and O–H groups in total. The predicted molar refractivity (Wildman–Crippen MR) is 121 cm³/mol. The molecule has 0 radical (unpaired) electrons. The Hall–Kier alpha value is -3.40. The second kappa shape index (κ2) is 9.22. The molecule has 0 amide bonds. The Bertz CT molecular complexity index is 1210. The maximum absolute atomic E-state index is 13.1. The summed E-state index contributed by atoms with van der Waals surface area (Å²) in [7, 11) is 2.55. The maximum atomic E-state index is 13.1. The number of hydrogen-bond donors (Lipinski definition) is 0. The third-order valence-electron chi connectivity index (χ3n) is 5.56. The molecule has 0 spiro atoms. The van der Waals surface area contributed by atoms with Crippen LogP contribution in [0.3, 0.4) is 0 Å². The number of ether oxygens (including phenoxy) is 2. The molecule has 33 heavy (non-hydrogen) atoms. The van der Waals surface area contributed by atoms with Crippen LogP contribution in [0.15, 0.2) is 35.7 Å². The van der Waals surface area contributed by atoms with Gasteiger partial charge in [-0.1, -0.05) is 11.8 Å². The largest absolute Gasteiger partial charge is 0.465 e. The van der Waals surface area contributed by atoms with E-state index in [1.165, 1.54) is 32.0 Å². The van der Waals surface area contributed by atoms with E-state index in [4.69, 9.17) is 9.47 Å². The normalized spacial score (nSPS) is 13.1. The van der Waals surface area contributed by atoms with Crippen LogP contribution >= 0.6 is 11.8 Å². The van der Waals surface area contributed by atoms with Gasteiger partial charge in [0.05, 0.1) is 31.1 Å². The van der Waals surface area contributed by atoms with Crippen LogP contribution in [0.4, 0.5) is 0 Å². The average molecular weight is 469 g/mol. The summed E-state index contributed by atoms with van der Waals surface area (Å²) >= 11 is 1.37. The summed E-state index contributed by atoms with van der Waals surface area (Å²) in [6.45, 7) is 3.70. The van der Waals surface area contributed by atoms with Gasteiger partial charge in [-0.2, -0.15) is 0 Å². The van der Waals surface area contributed by atoms with E-state index in [1.54, 1.807) is 18.5 Å². The lowest BCUT2D eigenvalue weighted by Crippen LogP contribution is -2.10. The Morgan fingerprint density at radius 3 is 2.24 bits per heavy atom. The topological polar surface area (TPSA) is 105 Å². The minimum Gasteiger partial charge on any atom is -0.465 e. The van der Waals surface area contributed by atoms with E-state index in [2.05, 4.69) is 10.2 Å². The van der Waals surface area contributed by atoms with Crippen LogP contribution in [0.5, 0.6) is 0 Å². The number of rotatable bonds is 8. The van der Waals surface area contributed by atoms with Crippen molar-refractivity contribution in [1.29, 1.82) is 0 Å². The minimum atomic E-state index is -0.572. The van der Waals surface area contributed by atoms with Gasteiger partial charge in [0.15, 0.2) is 10.9 Å². The number of carbonyl (C=O) groups is 3. The number of Topliss-reactive ketones (excluding diaryl/α,β-unsaturated/α-hetero) is 1. The second-order valence-corrected chi connectivity index (χ2v) is 8.78. The lowest BCUT2D eigenvalue weighted by Gasteiger charge is -2.13. The van der Waals surface area contributed by atoms with Crippen molar-refractivity contribution < 1.29 is 23.9 Å². The van der Waals surface area contributed by atoms with Crippen molar-refractivity contribution in [2.24, 2.45) is 0 Å². The molecule has 0 bridgehead atoms. The molecule has 2 aromatic heterocycles. The third kappa shape index (κ3) is 4.56. The van der Waals surface area contributed by atoms with Gasteiger partial charge in [-0.15, -0.1) is 10.2 Å². The standard InChI is InChI=1S/C23H24N4O5S/c1-13-7-19(20(28)11-33-23-25-24-12-26(23)17-5-6-17)14(2)27(13)18-9-15(21(29)31-3)8-16(10-18)22(30)32-4/h7-10,12,17H,5-6,11H2,1-4H3. The van der Waals surface area contributed by atoms with Gasteiger partial charge in [-0.3, -0.25) is 4.79 Å². The smallest absolute Gasteiger partial charge is 0.337 e. The molecule has 1 saturated carbocycles. The van der Waals surface area contributed by atoms with E-state index < -0.39 is 11.9 Å². The van der Waals surface area contributed by atoms with Crippen molar-refractivity contribution >= 4 is 29.5 Å². The Balaban J connectivity index is 1.64. The molecule has 4 rings (SSSR count). The zero-order valence-electron chi connectivity index (χ0n) is 18.8. The highest BCUT2D eigenvalue weighted by Gasteiger charge is 2.27. The van der Waals surface area contributed by atoms with Crippen LogP contribution in [0.25, 0.3) is 5.69 Å². The molecule has 0 aliphatic heterocycles. The number of hydrogen-bond acceptors (Lipinski definition) is 8. The first-order chi connectivity index (χ1) is 15.8. The monoisotopic (exact) mass is 468 g/mol. The van der Waals surface area contributed by atoms with Crippen LogP contribution in [-0.4, -0.2) is 57.0 Å². The van der Waals surface area contributed by atoms with Crippen LogP contribution in [0.1, 0.15) is 61.3 Å². The average Bonchev–Trinajstić information content (AvgIpc) is 3.48. The van der Waals surface area contributed by atoms with E-state index in [1.807, 2.05) is 29.0 Å². The molecule has 1 fully saturated rings. The predicted octanol–water partition coefficient (Wildman–Crippen LogP) is 3.57. The molecule has 1 aliphatic carbocycles. The van der Waals surface area contributed by atoms with Crippen molar-refractivity contribution in [3.05, 3.63) is 58.7 Å². The first-order valence-electron chi connectivity index (χ1n) is 10.4. The van der Waals surface area contributed by atoms with Crippen LogP contribution in [-0.2, 0) is 9.47 Å². The highest BCUT2D eigenvalue weighted by Crippen LogP contribution is 2.37. The molecule has 1 aliphatic rings. The first-order valence-corrected chi connectivity index (χ1v) is 11.4. The summed E-state index contributed by atoms with van der Waals surface area (Å²) in [5.74, 6) is -0.957. The lowest BCUT2D eigenvalue weighted by atomic mass is 10.1. The highest BCUT2D eigenvalue weighted by atomic mass is 32.2. The zero-order valence-corrected chi connectivity index (χ0v) is 19.6. The first kappa shape index (κ1) is 22.8. The number of methoxy groups -OCH3 is 2. The van der Waals surface area contributed by atoms with Crippen molar-refractivity contribution in [1.82, 2.24) is 19.3 Å². The van der Waals surface area contributed by atoms with Crippen molar-refractivity contribution in [3.8, 4) is 5.69 Å². The number of carbonyl (C=O) groups excluding carboxylic acids is 3. The molecule has 10 heteroatoms. The lowest BCUT2D eigenvalue weighted by molar-refractivity contribution is 0.0599. The number of esters is 2. The fraction of sp³-hybridized carbons (Fsp3) is 0.348. The number of thioether (sulfide) groups is 1. The van der Waals surface area contributed by atoms with Crippen LogP contribution < -0.4 is 0 Å². The Morgan fingerprint density at radius 1 is 1.03 bits per heavy atom. The number of aromatic nitrogens is 4. The molecular weight excluding hydrogens is 444 g/mol. The van der Waals surface area contributed by atoms with Gasteiger partial charge in [-0.25, -0.2) is 9.59 Å². The molecule has 2 heterocycles. The molecule has 9 nitrogen and oxygen atoms in total. The van der Waals surface area contributed by atoms with Gasteiger partial charge >= 0.3 is 11.9 Å². The van der Waals surface area contributed by atoms with Gasteiger partial charge < -0.3 is 18.6 Å². The number of ketones is 1. The fourth-order valence-corrected chi connectivity index (χ4v) is 4.67. The quantitative estimate of drug-likeness (QED) is 0.281. The highest BCUT2D eigenvalue weighted by molar-refractivity contribution is 7.99. The second-order valence-electron chi connectivity index (χ2n) is 7.84. The number of benzene rings is 1. The van der Waals surface area contributed by atoms with Crippen molar-refractivity contribution in [2.45, 2.75) is 37.9 Å². The molecule has 0 saturated heterocycles. The van der Waals surface area contributed by atoms with Crippen LogP contribution in [0, 0.1) is 13.8 Å². The maximum Gasteiger partial charge on any atom is 0.337 e. The number of aryl methyl sites for hydroxylation is 1.